The standard InChI is InChI=1S/C28H35F3N4O4/c1-17-13-35(18(2)16-36)26(37)22-5-4-6-23(25(22)39-24(17)15-34(3)14-19-7-8-19)33-27(38)32-21-11-9-20(10-12-21)28(29,30)31/h4-6,9-12,17-19,24,36H,7-8,13-16H2,1-3H3,(H2,32,33,38)/t17-,18-,24-/m0/s1. The number of para-hydroxylation sites is 1. The molecule has 1 aliphatic carbocycles. The summed E-state index contributed by atoms with van der Waals surface area (Å²) < 4.78 is 45.1. The van der Waals surface area contributed by atoms with Crippen molar-refractivity contribution in [2.24, 2.45) is 11.8 Å². The molecular weight excluding hydrogens is 513 g/mol. The van der Waals surface area contributed by atoms with Crippen LogP contribution < -0.4 is 15.4 Å². The molecule has 1 saturated carbocycles. The lowest BCUT2D eigenvalue weighted by atomic mass is 9.99. The second kappa shape index (κ2) is 11.8. The van der Waals surface area contributed by atoms with Crippen molar-refractivity contribution in [1.29, 1.82) is 0 Å². The fourth-order valence-corrected chi connectivity index (χ4v) is 4.71. The summed E-state index contributed by atoms with van der Waals surface area (Å²) in [5.74, 6) is 0.503. The van der Waals surface area contributed by atoms with Crippen molar-refractivity contribution in [3.8, 4) is 5.75 Å². The first-order valence-electron chi connectivity index (χ1n) is 13.1. The topological polar surface area (TPSA) is 94.1 Å². The molecule has 4 rings (SSSR count). The summed E-state index contributed by atoms with van der Waals surface area (Å²) in [4.78, 5) is 30.2. The van der Waals surface area contributed by atoms with Crippen LogP contribution in [0.2, 0.25) is 0 Å². The van der Waals surface area contributed by atoms with Crippen LogP contribution in [0.1, 0.15) is 42.6 Å². The number of anilines is 2. The van der Waals surface area contributed by atoms with Gasteiger partial charge in [0, 0.05) is 31.2 Å². The van der Waals surface area contributed by atoms with Crippen LogP contribution in [0.4, 0.5) is 29.3 Å². The van der Waals surface area contributed by atoms with Crippen LogP contribution in [0.3, 0.4) is 0 Å². The van der Waals surface area contributed by atoms with E-state index in [0.717, 1.165) is 18.7 Å². The number of carbonyl (C=O) groups is 2. The van der Waals surface area contributed by atoms with Gasteiger partial charge in [0.05, 0.1) is 29.5 Å². The number of benzene rings is 2. The molecular formula is C28H35F3N4O4. The molecule has 1 heterocycles. The third kappa shape index (κ3) is 7.21. The highest BCUT2D eigenvalue weighted by Gasteiger charge is 2.35. The highest BCUT2D eigenvalue weighted by Crippen LogP contribution is 2.36. The smallest absolute Gasteiger partial charge is 0.416 e. The third-order valence-electron chi connectivity index (χ3n) is 7.17. The molecule has 1 aliphatic heterocycles. The maximum atomic E-state index is 13.6. The number of likely N-dealkylation sites (N-methyl/N-ethyl adjacent to an activating group) is 1. The molecule has 2 aromatic rings. The summed E-state index contributed by atoms with van der Waals surface area (Å²) in [6.45, 7) is 5.53. The number of ether oxygens (including phenoxy) is 1. The number of carbonyl (C=O) groups excluding carboxylic acids is 2. The number of halogens is 3. The van der Waals surface area contributed by atoms with Gasteiger partial charge in [-0.15, -0.1) is 0 Å². The minimum atomic E-state index is -4.48. The van der Waals surface area contributed by atoms with Gasteiger partial charge in [-0.2, -0.15) is 13.2 Å². The van der Waals surface area contributed by atoms with E-state index >= 15 is 0 Å². The molecule has 0 aromatic heterocycles. The zero-order valence-electron chi connectivity index (χ0n) is 22.3. The summed E-state index contributed by atoms with van der Waals surface area (Å²) in [7, 11) is 2.04. The van der Waals surface area contributed by atoms with Crippen molar-refractivity contribution in [3.05, 3.63) is 53.6 Å². The molecule has 2 aliphatic rings. The second-order valence-electron chi connectivity index (χ2n) is 10.6. The Morgan fingerprint density at radius 2 is 1.85 bits per heavy atom. The van der Waals surface area contributed by atoms with Crippen LogP contribution in [0.5, 0.6) is 5.75 Å². The number of fused-ring (bicyclic) bond motifs is 1. The Labute approximate surface area is 226 Å². The molecule has 0 spiro atoms. The SMILES string of the molecule is C[C@H]1CN([C@@H](C)CO)C(=O)c2cccc(NC(=O)Nc3ccc(C(F)(F)F)cc3)c2O[C@H]1CN(C)CC1CC1. The van der Waals surface area contributed by atoms with Gasteiger partial charge in [0.15, 0.2) is 5.75 Å². The average molecular weight is 549 g/mol. The largest absolute Gasteiger partial charge is 0.486 e. The highest BCUT2D eigenvalue weighted by molar-refractivity contribution is 6.04. The lowest BCUT2D eigenvalue weighted by Crippen LogP contribution is -2.50. The Balaban J connectivity index is 1.59. The molecule has 3 amide bonds. The lowest BCUT2D eigenvalue weighted by molar-refractivity contribution is -0.137. The maximum Gasteiger partial charge on any atom is 0.416 e. The molecule has 0 bridgehead atoms. The molecule has 8 nitrogen and oxygen atoms in total. The number of urea groups is 1. The van der Waals surface area contributed by atoms with Crippen molar-refractivity contribution >= 4 is 23.3 Å². The van der Waals surface area contributed by atoms with Gasteiger partial charge in [-0.05, 0) is 69.1 Å². The van der Waals surface area contributed by atoms with Crippen LogP contribution in [-0.4, -0.2) is 72.3 Å². The molecule has 11 heteroatoms. The predicted octanol–water partition coefficient (Wildman–Crippen LogP) is 4.91. The number of nitrogens with zero attached hydrogens (tertiary/aromatic N) is 2. The van der Waals surface area contributed by atoms with Crippen molar-refractivity contribution in [2.75, 3.05) is 43.9 Å². The van der Waals surface area contributed by atoms with Gasteiger partial charge in [-0.25, -0.2) is 4.79 Å². The van der Waals surface area contributed by atoms with E-state index in [1.807, 2.05) is 14.0 Å². The zero-order chi connectivity index (χ0) is 28.3. The third-order valence-corrected chi connectivity index (χ3v) is 7.17. The van der Waals surface area contributed by atoms with Gasteiger partial charge in [-0.1, -0.05) is 13.0 Å². The number of aliphatic hydroxyl groups is 1. The Morgan fingerprint density at radius 3 is 2.46 bits per heavy atom. The van der Waals surface area contributed by atoms with Crippen LogP contribution in [-0.2, 0) is 6.18 Å². The number of amides is 3. The maximum absolute atomic E-state index is 13.6. The van der Waals surface area contributed by atoms with Crippen molar-refractivity contribution < 1.29 is 32.6 Å². The van der Waals surface area contributed by atoms with Gasteiger partial charge in [0.2, 0.25) is 0 Å². The van der Waals surface area contributed by atoms with Crippen molar-refractivity contribution in [2.45, 2.75) is 45.0 Å². The van der Waals surface area contributed by atoms with Gasteiger partial charge in [0.25, 0.3) is 5.91 Å². The monoisotopic (exact) mass is 548 g/mol. The molecule has 3 N–H and O–H groups in total. The van der Waals surface area contributed by atoms with E-state index in [9.17, 15) is 27.9 Å². The average Bonchev–Trinajstić information content (AvgIpc) is 3.69. The second-order valence-corrected chi connectivity index (χ2v) is 10.6. The zero-order valence-corrected chi connectivity index (χ0v) is 22.3. The summed E-state index contributed by atoms with van der Waals surface area (Å²) in [5, 5.41) is 15.0. The summed E-state index contributed by atoms with van der Waals surface area (Å²) >= 11 is 0. The van der Waals surface area contributed by atoms with E-state index in [1.165, 1.54) is 25.0 Å². The lowest BCUT2D eigenvalue weighted by Gasteiger charge is -2.38. The van der Waals surface area contributed by atoms with Gasteiger partial charge in [0.1, 0.15) is 6.10 Å². The Kier molecular flexibility index (Phi) is 8.70. The minimum Gasteiger partial charge on any atom is -0.486 e. The molecule has 3 atom stereocenters. The van der Waals surface area contributed by atoms with E-state index in [-0.39, 0.29) is 47.2 Å². The fourth-order valence-electron chi connectivity index (χ4n) is 4.71. The summed E-state index contributed by atoms with van der Waals surface area (Å²) in [6, 6.07) is 7.83. The Hall–Kier alpha value is -3.31. The predicted molar refractivity (Wildman–Crippen MR) is 142 cm³/mol. The van der Waals surface area contributed by atoms with Crippen LogP contribution in [0.25, 0.3) is 0 Å². The van der Waals surface area contributed by atoms with Crippen molar-refractivity contribution in [3.63, 3.8) is 0 Å². The molecule has 0 radical (unpaired) electrons. The van der Waals surface area contributed by atoms with Gasteiger partial charge in [-0.3, -0.25) is 4.79 Å². The molecule has 0 saturated heterocycles. The van der Waals surface area contributed by atoms with Gasteiger partial charge >= 0.3 is 12.2 Å². The first kappa shape index (κ1) is 28.7. The van der Waals surface area contributed by atoms with E-state index < -0.39 is 23.8 Å². The highest BCUT2D eigenvalue weighted by atomic mass is 19.4. The number of nitrogens with one attached hydrogen (secondary N) is 2. The number of aliphatic hydroxyl groups excluding tert-OH is 1. The summed E-state index contributed by atoms with van der Waals surface area (Å²) in [5.41, 5.74) is -0.138. The van der Waals surface area contributed by atoms with Crippen LogP contribution >= 0.6 is 0 Å². The van der Waals surface area contributed by atoms with Crippen LogP contribution in [0, 0.1) is 11.8 Å². The van der Waals surface area contributed by atoms with E-state index in [0.29, 0.717) is 19.0 Å². The quantitative estimate of drug-likeness (QED) is 0.436. The molecule has 39 heavy (non-hydrogen) atoms. The Bertz CT molecular complexity index is 1170. The first-order valence-corrected chi connectivity index (χ1v) is 13.1. The molecule has 212 valence electrons. The minimum absolute atomic E-state index is 0.0771. The summed E-state index contributed by atoms with van der Waals surface area (Å²) in [6.07, 6.45) is -2.36. The number of rotatable bonds is 8. The first-order chi connectivity index (χ1) is 18.5. The van der Waals surface area contributed by atoms with Crippen molar-refractivity contribution in [1.82, 2.24) is 9.80 Å². The van der Waals surface area contributed by atoms with Crippen LogP contribution in [0.15, 0.2) is 42.5 Å². The molecule has 0 unspecified atom stereocenters. The number of hydrogen-bond donors (Lipinski definition) is 3. The molecule has 2 aromatic carbocycles. The Morgan fingerprint density at radius 1 is 1.15 bits per heavy atom. The molecule has 1 fully saturated rings. The fraction of sp³-hybridized carbons (Fsp3) is 0.500. The van der Waals surface area contributed by atoms with E-state index in [4.69, 9.17) is 4.74 Å². The number of alkyl halides is 3. The van der Waals surface area contributed by atoms with E-state index in [2.05, 4.69) is 15.5 Å². The van der Waals surface area contributed by atoms with E-state index in [1.54, 1.807) is 30.0 Å². The van der Waals surface area contributed by atoms with Gasteiger partial charge < -0.3 is 30.3 Å². The normalized spacial score (nSPS) is 20.5. The number of hydrogen-bond acceptors (Lipinski definition) is 5.